The maximum Gasteiger partial charge on any atom is 0.291 e. The number of hydrogen-bond acceptors (Lipinski definition) is 5. The van der Waals surface area contributed by atoms with Crippen LogP contribution >= 0.6 is 0 Å². The van der Waals surface area contributed by atoms with Crippen LogP contribution in [0.3, 0.4) is 0 Å². The van der Waals surface area contributed by atoms with Crippen molar-refractivity contribution < 1.29 is 4.79 Å². The van der Waals surface area contributed by atoms with Gasteiger partial charge in [0.25, 0.3) is 11.7 Å². The highest BCUT2D eigenvalue weighted by Crippen LogP contribution is 2.10. The Morgan fingerprint density at radius 1 is 1.25 bits per heavy atom. The van der Waals surface area contributed by atoms with Gasteiger partial charge in [-0.1, -0.05) is 27.7 Å². The number of aromatic nitrogens is 4. The number of fused-ring (bicyclic) bond motifs is 1. The van der Waals surface area contributed by atoms with E-state index in [0.29, 0.717) is 24.3 Å². The molecule has 0 aliphatic heterocycles. The molecule has 0 aliphatic rings. The normalized spacial score (nSPS) is 13.0. The Labute approximate surface area is 143 Å². The molecule has 2 aromatic rings. The van der Waals surface area contributed by atoms with Gasteiger partial charge in [0, 0.05) is 24.0 Å². The van der Waals surface area contributed by atoms with Crippen LogP contribution < -0.4 is 5.32 Å². The third kappa shape index (κ3) is 3.90. The Balaban J connectivity index is 2.13. The second-order valence-corrected chi connectivity index (χ2v) is 6.43. The fourth-order valence-corrected chi connectivity index (χ4v) is 3.02. The monoisotopic (exact) mass is 332 g/mol. The molecule has 2 aromatic heterocycles. The van der Waals surface area contributed by atoms with Crippen molar-refractivity contribution >= 4 is 11.7 Å². The number of amides is 1. The summed E-state index contributed by atoms with van der Waals surface area (Å²) in [4.78, 5) is 23.4. The molecular formula is C17H28N6O. The standard InChI is InChI=1S/C17H28N6O/c1-7-22(8-2)14(11(3)4)10-18-16(24)15-20-17-19-12(5)9-13(6)23(17)21-15/h9,11,14H,7-8,10H2,1-6H3,(H,18,24). The summed E-state index contributed by atoms with van der Waals surface area (Å²) in [5, 5.41) is 7.26. The Bertz CT molecular complexity index is 704. The van der Waals surface area contributed by atoms with Gasteiger partial charge in [0.2, 0.25) is 5.82 Å². The lowest BCUT2D eigenvalue weighted by atomic mass is 10.0. The van der Waals surface area contributed by atoms with Crippen LogP contribution in [0.25, 0.3) is 5.78 Å². The molecule has 7 heteroatoms. The smallest absolute Gasteiger partial charge is 0.291 e. The summed E-state index contributed by atoms with van der Waals surface area (Å²) in [5.41, 5.74) is 1.77. The zero-order valence-corrected chi connectivity index (χ0v) is 15.5. The molecule has 2 rings (SSSR count). The van der Waals surface area contributed by atoms with Gasteiger partial charge >= 0.3 is 0 Å². The molecule has 0 fully saturated rings. The number of carbonyl (C=O) groups is 1. The molecule has 0 saturated carbocycles. The summed E-state index contributed by atoms with van der Waals surface area (Å²) in [6.45, 7) is 15.0. The Morgan fingerprint density at radius 2 is 1.92 bits per heavy atom. The van der Waals surface area contributed by atoms with Crippen LogP contribution in [0.15, 0.2) is 6.07 Å². The van der Waals surface area contributed by atoms with Crippen LogP contribution in [0.2, 0.25) is 0 Å². The van der Waals surface area contributed by atoms with E-state index < -0.39 is 0 Å². The summed E-state index contributed by atoms with van der Waals surface area (Å²) in [6, 6.07) is 2.21. The van der Waals surface area contributed by atoms with E-state index >= 15 is 0 Å². The summed E-state index contributed by atoms with van der Waals surface area (Å²) < 4.78 is 1.60. The van der Waals surface area contributed by atoms with Crippen LogP contribution in [0.4, 0.5) is 0 Å². The first-order chi connectivity index (χ1) is 11.4. The first-order valence-electron chi connectivity index (χ1n) is 8.60. The molecular weight excluding hydrogens is 304 g/mol. The van der Waals surface area contributed by atoms with Crippen molar-refractivity contribution in [3.63, 3.8) is 0 Å². The summed E-state index contributed by atoms with van der Waals surface area (Å²) >= 11 is 0. The molecule has 1 atom stereocenters. The number of hydrogen-bond donors (Lipinski definition) is 1. The molecule has 0 radical (unpaired) electrons. The van der Waals surface area contributed by atoms with E-state index in [2.05, 4.69) is 53.0 Å². The maximum atomic E-state index is 12.4. The van der Waals surface area contributed by atoms with Gasteiger partial charge in [0.15, 0.2) is 0 Å². The molecule has 0 bridgehead atoms. The van der Waals surface area contributed by atoms with Crippen molar-refractivity contribution in [3.8, 4) is 0 Å². The molecule has 0 aromatic carbocycles. The Kier molecular flexibility index (Phi) is 5.88. The molecule has 0 saturated heterocycles. The third-order valence-electron chi connectivity index (χ3n) is 4.34. The maximum absolute atomic E-state index is 12.4. The van der Waals surface area contributed by atoms with E-state index in [4.69, 9.17) is 0 Å². The van der Waals surface area contributed by atoms with Crippen LogP contribution in [-0.2, 0) is 0 Å². The van der Waals surface area contributed by atoms with E-state index in [1.165, 1.54) is 0 Å². The highest BCUT2D eigenvalue weighted by molar-refractivity contribution is 5.90. The van der Waals surface area contributed by atoms with Crippen molar-refractivity contribution in [2.45, 2.75) is 47.6 Å². The lowest BCUT2D eigenvalue weighted by Crippen LogP contribution is -2.47. The molecule has 1 unspecified atom stereocenters. The summed E-state index contributed by atoms with van der Waals surface area (Å²) in [5.74, 6) is 0.821. The zero-order valence-electron chi connectivity index (χ0n) is 15.5. The number of rotatable bonds is 7. The van der Waals surface area contributed by atoms with Crippen molar-refractivity contribution in [2.75, 3.05) is 19.6 Å². The molecule has 24 heavy (non-hydrogen) atoms. The second-order valence-electron chi connectivity index (χ2n) is 6.43. The number of aryl methyl sites for hydroxylation is 2. The topological polar surface area (TPSA) is 75.4 Å². The quantitative estimate of drug-likeness (QED) is 0.837. The van der Waals surface area contributed by atoms with Crippen molar-refractivity contribution in [3.05, 3.63) is 23.3 Å². The van der Waals surface area contributed by atoms with E-state index in [0.717, 1.165) is 24.5 Å². The van der Waals surface area contributed by atoms with Crippen LogP contribution in [-0.4, -0.2) is 56.1 Å². The number of likely N-dealkylation sites (N-methyl/N-ethyl adjacent to an activating group) is 1. The minimum Gasteiger partial charge on any atom is -0.348 e. The van der Waals surface area contributed by atoms with Gasteiger partial charge < -0.3 is 5.32 Å². The van der Waals surface area contributed by atoms with Crippen molar-refractivity contribution in [2.24, 2.45) is 5.92 Å². The molecule has 0 spiro atoms. The van der Waals surface area contributed by atoms with E-state index in [1.54, 1.807) is 4.52 Å². The van der Waals surface area contributed by atoms with Gasteiger partial charge in [-0.3, -0.25) is 9.69 Å². The largest absolute Gasteiger partial charge is 0.348 e. The van der Waals surface area contributed by atoms with Gasteiger partial charge in [-0.05, 0) is 38.9 Å². The minimum atomic E-state index is -0.254. The van der Waals surface area contributed by atoms with Crippen molar-refractivity contribution in [1.29, 1.82) is 0 Å². The zero-order chi connectivity index (χ0) is 17.9. The summed E-state index contributed by atoms with van der Waals surface area (Å²) in [7, 11) is 0. The fraction of sp³-hybridized carbons (Fsp3) is 0.647. The number of carbonyl (C=O) groups excluding carboxylic acids is 1. The number of nitrogens with zero attached hydrogens (tertiary/aromatic N) is 5. The second kappa shape index (κ2) is 7.70. The van der Waals surface area contributed by atoms with E-state index in [-0.39, 0.29) is 11.7 Å². The van der Waals surface area contributed by atoms with Crippen molar-refractivity contribution in [1.82, 2.24) is 29.8 Å². The molecule has 132 valence electrons. The van der Waals surface area contributed by atoms with Crippen LogP contribution in [0, 0.1) is 19.8 Å². The van der Waals surface area contributed by atoms with E-state index in [1.807, 2.05) is 19.9 Å². The average Bonchev–Trinajstić information content (AvgIpc) is 2.95. The van der Waals surface area contributed by atoms with E-state index in [9.17, 15) is 4.79 Å². The predicted molar refractivity (Wildman–Crippen MR) is 94.1 cm³/mol. The SMILES string of the molecule is CCN(CC)C(CNC(=O)c1nc2nc(C)cc(C)n2n1)C(C)C. The number of nitrogens with one attached hydrogen (secondary N) is 1. The summed E-state index contributed by atoms with van der Waals surface area (Å²) in [6.07, 6.45) is 0. The van der Waals surface area contributed by atoms with Gasteiger partial charge in [-0.2, -0.15) is 4.98 Å². The van der Waals surface area contributed by atoms with Crippen LogP contribution in [0.1, 0.15) is 49.7 Å². The first kappa shape index (κ1) is 18.3. The molecule has 2 heterocycles. The Morgan fingerprint density at radius 3 is 2.50 bits per heavy atom. The average molecular weight is 332 g/mol. The van der Waals surface area contributed by atoms with Gasteiger partial charge in [0.1, 0.15) is 0 Å². The third-order valence-corrected chi connectivity index (χ3v) is 4.34. The predicted octanol–water partition coefficient (Wildman–Crippen LogP) is 1.84. The molecule has 1 amide bonds. The van der Waals surface area contributed by atoms with Gasteiger partial charge in [-0.15, -0.1) is 5.10 Å². The molecule has 7 nitrogen and oxygen atoms in total. The highest BCUT2D eigenvalue weighted by atomic mass is 16.2. The highest BCUT2D eigenvalue weighted by Gasteiger charge is 2.22. The van der Waals surface area contributed by atoms with Gasteiger partial charge in [0.05, 0.1) is 0 Å². The first-order valence-corrected chi connectivity index (χ1v) is 8.60. The lowest BCUT2D eigenvalue weighted by Gasteiger charge is -2.32. The molecule has 0 aliphatic carbocycles. The van der Waals surface area contributed by atoms with Crippen LogP contribution in [0.5, 0.6) is 0 Å². The fourth-order valence-electron chi connectivity index (χ4n) is 3.02. The van der Waals surface area contributed by atoms with Gasteiger partial charge in [-0.25, -0.2) is 9.50 Å². The Hall–Kier alpha value is -2.02. The molecule has 1 N–H and O–H groups in total. The minimum absolute atomic E-state index is 0.165. The lowest BCUT2D eigenvalue weighted by molar-refractivity contribution is 0.0911.